The van der Waals surface area contributed by atoms with Gasteiger partial charge in [-0.1, -0.05) is 38.5 Å². The van der Waals surface area contributed by atoms with Crippen LogP contribution in [0.25, 0.3) is 6.08 Å². The van der Waals surface area contributed by atoms with Crippen LogP contribution in [-0.4, -0.2) is 32.1 Å². The number of ether oxygens (including phenoxy) is 3. The fourth-order valence-corrected chi connectivity index (χ4v) is 2.84. The summed E-state index contributed by atoms with van der Waals surface area (Å²) in [6.07, 6.45) is 4.27. The summed E-state index contributed by atoms with van der Waals surface area (Å²) in [6, 6.07) is 14.2. The van der Waals surface area contributed by atoms with E-state index in [0.717, 1.165) is 19.3 Å². The largest absolute Gasteiger partial charge is 0.493 e. The molecule has 0 radical (unpaired) electrons. The highest BCUT2D eigenvalue weighted by Gasteiger charge is 2.13. The number of hydrogen-bond donors (Lipinski definition) is 1. The van der Waals surface area contributed by atoms with Crippen LogP contribution in [0.4, 0.5) is 0 Å². The number of nitriles is 1. The molecule has 1 N–H and O–H groups in total. The summed E-state index contributed by atoms with van der Waals surface area (Å²) >= 11 is 0. The Labute approximate surface area is 188 Å². The first-order valence-corrected chi connectivity index (χ1v) is 10.5. The van der Waals surface area contributed by atoms with Crippen molar-refractivity contribution < 1.29 is 23.8 Å². The lowest BCUT2D eigenvalue weighted by atomic mass is 10.1. The van der Waals surface area contributed by atoms with Crippen LogP contribution in [0.5, 0.6) is 17.2 Å². The van der Waals surface area contributed by atoms with Gasteiger partial charge in [0.25, 0.3) is 5.91 Å². The molecule has 7 nitrogen and oxygen atoms in total. The molecular weight excluding hydrogens is 408 g/mol. The Balaban J connectivity index is 2.02. The van der Waals surface area contributed by atoms with E-state index in [9.17, 15) is 14.9 Å². The van der Waals surface area contributed by atoms with Gasteiger partial charge in [-0.3, -0.25) is 4.79 Å². The molecule has 0 saturated heterocycles. The maximum Gasteiger partial charge on any atom is 0.349 e. The van der Waals surface area contributed by atoms with Crippen LogP contribution < -0.4 is 19.5 Å². The average molecular weight is 437 g/mol. The molecule has 0 aliphatic heterocycles. The fourth-order valence-electron chi connectivity index (χ4n) is 2.84. The number of nitrogens with one attached hydrogen (secondary N) is 1. The summed E-state index contributed by atoms with van der Waals surface area (Å²) in [4.78, 5) is 24.2. The number of esters is 1. The number of methoxy groups -OCH3 is 1. The highest BCUT2D eigenvalue weighted by atomic mass is 16.6. The molecule has 7 heteroatoms. The Morgan fingerprint density at radius 1 is 1.06 bits per heavy atom. The van der Waals surface area contributed by atoms with Gasteiger partial charge in [-0.2, -0.15) is 5.26 Å². The molecule has 0 aromatic heterocycles. The molecule has 1 amide bonds. The number of aryl methyl sites for hydroxylation is 1. The van der Waals surface area contributed by atoms with Crippen molar-refractivity contribution in [1.29, 1.82) is 5.26 Å². The molecule has 0 fully saturated rings. The van der Waals surface area contributed by atoms with Gasteiger partial charge in [-0.05, 0) is 54.3 Å². The molecule has 0 unspecified atom stereocenters. The quantitative estimate of drug-likeness (QED) is 0.247. The molecular formula is C25H28N2O5. The molecule has 0 spiro atoms. The highest BCUT2D eigenvalue weighted by Crippen LogP contribution is 2.29. The molecule has 168 valence electrons. The number of nitrogens with zero attached hydrogens (tertiary/aromatic N) is 1. The second-order valence-electron chi connectivity index (χ2n) is 6.99. The SMILES string of the molecule is CCCNC(=O)/C(C#N)=C/c1ccc(OC(=O)COc2ccc(CCC)cc2)c(OC)c1. The van der Waals surface area contributed by atoms with Crippen LogP contribution in [0.3, 0.4) is 0 Å². The predicted octanol–water partition coefficient (Wildman–Crippen LogP) is 4.07. The van der Waals surface area contributed by atoms with Gasteiger partial charge in [-0.25, -0.2) is 4.79 Å². The fraction of sp³-hybridized carbons (Fsp3) is 0.320. The van der Waals surface area contributed by atoms with Gasteiger partial charge in [0.15, 0.2) is 18.1 Å². The van der Waals surface area contributed by atoms with Crippen molar-refractivity contribution in [2.45, 2.75) is 33.1 Å². The lowest BCUT2D eigenvalue weighted by Crippen LogP contribution is -2.25. The van der Waals surface area contributed by atoms with Crippen molar-refractivity contribution in [1.82, 2.24) is 5.32 Å². The predicted molar refractivity (Wildman–Crippen MR) is 121 cm³/mol. The van der Waals surface area contributed by atoms with E-state index in [-0.39, 0.29) is 17.9 Å². The third kappa shape index (κ3) is 7.47. The van der Waals surface area contributed by atoms with Crippen molar-refractivity contribution in [2.75, 3.05) is 20.3 Å². The van der Waals surface area contributed by atoms with Crippen molar-refractivity contribution in [3.63, 3.8) is 0 Å². The summed E-state index contributed by atoms with van der Waals surface area (Å²) in [5, 5.41) is 11.9. The minimum Gasteiger partial charge on any atom is -0.493 e. The lowest BCUT2D eigenvalue weighted by molar-refractivity contribution is -0.136. The van der Waals surface area contributed by atoms with E-state index >= 15 is 0 Å². The Hall–Kier alpha value is -3.79. The minimum atomic E-state index is -0.583. The Bertz CT molecular complexity index is 990. The van der Waals surface area contributed by atoms with Crippen molar-refractivity contribution in [3.8, 4) is 23.3 Å². The minimum absolute atomic E-state index is 0.0244. The first-order chi connectivity index (χ1) is 15.5. The van der Waals surface area contributed by atoms with Gasteiger partial charge in [-0.15, -0.1) is 0 Å². The zero-order valence-corrected chi connectivity index (χ0v) is 18.6. The number of benzene rings is 2. The standard InChI is InChI=1S/C25H28N2O5/c1-4-6-18-7-10-21(11-8-18)31-17-24(28)32-22-12-9-19(15-23(22)30-3)14-20(16-26)25(29)27-13-5-2/h7-12,14-15H,4-6,13,17H2,1-3H3,(H,27,29)/b20-14+. The van der Waals surface area contributed by atoms with Gasteiger partial charge >= 0.3 is 5.97 Å². The first-order valence-electron chi connectivity index (χ1n) is 10.5. The van der Waals surface area contributed by atoms with E-state index in [2.05, 4.69) is 12.2 Å². The van der Waals surface area contributed by atoms with E-state index in [4.69, 9.17) is 14.2 Å². The molecule has 0 bridgehead atoms. The summed E-state index contributed by atoms with van der Waals surface area (Å²) in [5.41, 5.74) is 1.75. The molecule has 2 rings (SSSR count). The molecule has 0 aliphatic rings. The zero-order chi connectivity index (χ0) is 23.3. The van der Waals surface area contributed by atoms with Crippen molar-refractivity contribution in [2.24, 2.45) is 0 Å². The summed E-state index contributed by atoms with van der Waals surface area (Å²) < 4.78 is 16.1. The van der Waals surface area contributed by atoms with Crippen molar-refractivity contribution >= 4 is 18.0 Å². The molecule has 0 saturated carbocycles. The van der Waals surface area contributed by atoms with Gasteiger partial charge in [0, 0.05) is 6.54 Å². The van der Waals surface area contributed by atoms with E-state index in [0.29, 0.717) is 23.6 Å². The normalized spacial score (nSPS) is 10.8. The molecule has 0 atom stereocenters. The second-order valence-corrected chi connectivity index (χ2v) is 6.99. The summed E-state index contributed by atoms with van der Waals surface area (Å²) in [7, 11) is 1.44. The lowest BCUT2D eigenvalue weighted by Gasteiger charge is -2.11. The van der Waals surface area contributed by atoms with Gasteiger partial charge in [0.2, 0.25) is 0 Å². The van der Waals surface area contributed by atoms with Crippen LogP contribution in [0.1, 0.15) is 37.8 Å². The van der Waals surface area contributed by atoms with Crippen LogP contribution in [0.2, 0.25) is 0 Å². The van der Waals surface area contributed by atoms with E-state index in [1.54, 1.807) is 18.2 Å². The zero-order valence-electron chi connectivity index (χ0n) is 18.6. The molecule has 0 aliphatic carbocycles. The monoisotopic (exact) mass is 436 g/mol. The summed E-state index contributed by atoms with van der Waals surface area (Å²) in [6.45, 7) is 4.27. The van der Waals surface area contributed by atoms with E-state index in [1.165, 1.54) is 18.7 Å². The van der Waals surface area contributed by atoms with E-state index < -0.39 is 11.9 Å². The summed E-state index contributed by atoms with van der Waals surface area (Å²) in [5.74, 6) is 0.0666. The maximum absolute atomic E-state index is 12.2. The maximum atomic E-state index is 12.2. The highest BCUT2D eigenvalue weighted by molar-refractivity contribution is 6.01. The van der Waals surface area contributed by atoms with Gasteiger partial charge in [0.05, 0.1) is 7.11 Å². The Kier molecular flexibility index (Phi) is 9.79. The van der Waals surface area contributed by atoms with Crippen LogP contribution >= 0.6 is 0 Å². The second kappa shape index (κ2) is 12.8. The van der Waals surface area contributed by atoms with E-state index in [1.807, 2.05) is 37.3 Å². The topological polar surface area (TPSA) is 97.7 Å². The third-order valence-corrected chi connectivity index (χ3v) is 4.44. The van der Waals surface area contributed by atoms with Crippen LogP contribution in [-0.2, 0) is 16.0 Å². The molecule has 0 heterocycles. The van der Waals surface area contributed by atoms with Gasteiger partial charge < -0.3 is 19.5 Å². The molecule has 2 aromatic carbocycles. The molecule has 32 heavy (non-hydrogen) atoms. The third-order valence-electron chi connectivity index (χ3n) is 4.44. The number of carbonyl (C=O) groups excluding carboxylic acids is 2. The Morgan fingerprint density at radius 2 is 1.81 bits per heavy atom. The number of carbonyl (C=O) groups is 2. The number of hydrogen-bond acceptors (Lipinski definition) is 6. The van der Waals surface area contributed by atoms with Gasteiger partial charge in [0.1, 0.15) is 17.4 Å². The number of rotatable bonds is 11. The van der Waals surface area contributed by atoms with Crippen LogP contribution in [0, 0.1) is 11.3 Å². The first kappa shape index (κ1) is 24.5. The smallest absolute Gasteiger partial charge is 0.349 e. The van der Waals surface area contributed by atoms with Crippen molar-refractivity contribution in [3.05, 3.63) is 59.2 Å². The average Bonchev–Trinajstić information content (AvgIpc) is 2.81. The Morgan fingerprint density at radius 3 is 2.44 bits per heavy atom. The molecule has 2 aromatic rings. The van der Waals surface area contributed by atoms with Crippen LogP contribution in [0.15, 0.2) is 48.0 Å². The number of amides is 1.